The summed E-state index contributed by atoms with van der Waals surface area (Å²) >= 11 is 0. The van der Waals surface area contributed by atoms with Crippen molar-refractivity contribution in [2.75, 3.05) is 19.8 Å². The third-order valence-corrected chi connectivity index (χ3v) is 4.15. The zero-order valence-electron chi connectivity index (χ0n) is 13.3. The Morgan fingerprint density at radius 3 is 2.05 bits per heavy atom. The first-order valence-electron chi connectivity index (χ1n) is 8.19. The van der Waals surface area contributed by atoms with Crippen molar-refractivity contribution in [1.29, 1.82) is 0 Å². The fraction of sp³-hybridized carbons (Fsp3) is 1.00. The number of hydrogen-bond acceptors (Lipinski definition) is 3. The van der Waals surface area contributed by atoms with E-state index in [9.17, 15) is 0 Å². The Balaban J connectivity index is 2.61. The van der Waals surface area contributed by atoms with Crippen LogP contribution in [0.3, 0.4) is 0 Å². The fourth-order valence-electron chi connectivity index (χ4n) is 3.03. The van der Waals surface area contributed by atoms with E-state index in [1.807, 2.05) is 13.8 Å². The molecular formula is C16H33NO2. The van der Waals surface area contributed by atoms with Gasteiger partial charge >= 0.3 is 0 Å². The molecule has 0 aromatic heterocycles. The van der Waals surface area contributed by atoms with Gasteiger partial charge in [-0.05, 0) is 51.5 Å². The molecule has 0 bridgehead atoms. The van der Waals surface area contributed by atoms with Gasteiger partial charge in [0.1, 0.15) is 0 Å². The molecule has 0 aliphatic heterocycles. The lowest BCUT2D eigenvalue weighted by Crippen LogP contribution is -2.49. The minimum Gasteiger partial charge on any atom is -0.351 e. The molecule has 3 nitrogen and oxygen atoms in total. The molecule has 0 aromatic carbocycles. The average molecular weight is 271 g/mol. The summed E-state index contributed by atoms with van der Waals surface area (Å²) in [5, 5.41) is 3.67. The lowest BCUT2D eigenvalue weighted by Gasteiger charge is -2.37. The third kappa shape index (κ3) is 5.80. The summed E-state index contributed by atoms with van der Waals surface area (Å²) in [6.45, 7) is 11.2. The molecule has 1 aliphatic rings. The van der Waals surface area contributed by atoms with E-state index in [2.05, 4.69) is 19.2 Å². The summed E-state index contributed by atoms with van der Waals surface area (Å²) < 4.78 is 11.7. The largest absolute Gasteiger partial charge is 0.351 e. The first kappa shape index (κ1) is 16.9. The molecule has 3 heteroatoms. The van der Waals surface area contributed by atoms with E-state index >= 15 is 0 Å². The Hall–Kier alpha value is -0.120. The lowest BCUT2D eigenvalue weighted by atomic mass is 9.79. The topological polar surface area (TPSA) is 30.5 Å². The Bertz CT molecular complexity index is 209. The molecule has 19 heavy (non-hydrogen) atoms. The molecule has 0 heterocycles. The molecule has 1 rings (SSSR count). The zero-order chi connectivity index (χ0) is 14.1. The molecule has 0 saturated heterocycles. The van der Waals surface area contributed by atoms with Gasteiger partial charge in [0, 0.05) is 13.2 Å². The van der Waals surface area contributed by atoms with Gasteiger partial charge in [0.2, 0.25) is 0 Å². The Kier molecular flexibility index (Phi) is 8.67. The van der Waals surface area contributed by atoms with Crippen LogP contribution in [-0.2, 0) is 9.47 Å². The monoisotopic (exact) mass is 271 g/mol. The van der Waals surface area contributed by atoms with Crippen LogP contribution in [0, 0.1) is 11.8 Å². The second-order valence-electron chi connectivity index (χ2n) is 5.78. The lowest BCUT2D eigenvalue weighted by molar-refractivity contribution is -0.164. The molecular weight excluding hydrogens is 238 g/mol. The van der Waals surface area contributed by atoms with Gasteiger partial charge in [0.05, 0.1) is 6.04 Å². The van der Waals surface area contributed by atoms with E-state index in [-0.39, 0.29) is 6.29 Å². The quantitative estimate of drug-likeness (QED) is 0.650. The Morgan fingerprint density at radius 1 is 1.00 bits per heavy atom. The fourth-order valence-corrected chi connectivity index (χ4v) is 3.03. The van der Waals surface area contributed by atoms with Gasteiger partial charge in [0.15, 0.2) is 6.29 Å². The van der Waals surface area contributed by atoms with Gasteiger partial charge in [-0.3, -0.25) is 0 Å². The molecule has 1 aliphatic carbocycles. The first-order valence-corrected chi connectivity index (χ1v) is 8.19. The van der Waals surface area contributed by atoms with Crippen molar-refractivity contribution in [3.63, 3.8) is 0 Å². The number of hydrogen-bond donors (Lipinski definition) is 1. The van der Waals surface area contributed by atoms with E-state index in [1.54, 1.807) is 0 Å². The smallest absolute Gasteiger partial charge is 0.172 e. The summed E-state index contributed by atoms with van der Waals surface area (Å²) in [4.78, 5) is 0. The Labute approximate surface area is 119 Å². The molecule has 114 valence electrons. The second-order valence-corrected chi connectivity index (χ2v) is 5.78. The second kappa shape index (κ2) is 9.73. The van der Waals surface area contributed by atoms with E-state index in [1.165, 1.54) is 25.7 Å². The Morgan fingerprint density at radius 2 is 1.58 bits per heavy atom. The minimum absolute atomic E-state index is 0.0834. The highest BCUT2D eigenvalue weighted by molar-refractivity contribution is 4.83. The predicted molar refractivity (Wildman–Crippen MR) is 80.2 cm³/mol. The van der Waals surface area contributed by atoms with Crippen LogP contribution in [-0.4, -0.2) is 32.1 Å². The summed E-state index contributed by atoms with van der Waals surface area (Å²) in [7, 11) is 0. The summed E-state index contributed by atoms with van der Waals surface area (Å²) in [6, 6.07) is 0.354. The van der Waals surface area contributed by atoms with Crippen molar-refractivity contribution >= 4 is 0 Å². The van der Waals surface area contributed by atoms with Crippen LogP contribution < -0.4 is 5.32 Å². The van der Waals surface area contributed by atoms with Crippen LogP contribution in [0.2, 0.25) is 0 Å². The van der Waals surface area contributed by atoms with Crippen LogP contribution in [0.5, 0.6) is 0 Å². The van der Waals surface area contributed by atoms with E-state index < -0.39 is 0 Å². The SMILES string of the molecule is CCCNC(C1CCC(C)CC1)C(OCC)OCC. The summed E-state index contributed by atoms with van der Waals surface area (Å²) in [5.41, 5.74) is 0. The molecule has 1 fully saturated rings. The van der Waals surface area contributed by atoms with Crippen LogP contribution in [0.4, 0.5) is 0 Å². The third-order valence-electron chi connectivity index (χ3n) is 4.15. The summed E-state index contributed by atoms with van der Waals surface area (Å²) in [5.74, 6) is 1.59. The summed E-state index contributed by atoms with van der Waals surface area (Å²) in [6.07, 6.45) is 6.38. The van der Waals surface area contributed by atoms with Gasteiger partial charge in [-0.2, -0.15) is 0 Å². The molecule has 1 unspecified atom stereocenters. The van der Waals surface area contributed by atoms with E-state index in [0.29, 0.717) is 12.0 Å². The normalized spacial score (nSPS) is 25.7. The number of nitrogens with one attached hydrogen (secondary N) is 1. The van der Waals surface area contributed by atoms with E-state index in [0.717, 1.165) is 32.1 Å². The van der Waals surface area contributed by atoms with Crippen LogP contribution in [0.1, 0.15) is 59.8 Å². The highest BCUT2D eigenvalue weighted by atomic mass is 16.7. The van der Waals surface area contributed by atoms with Gasteiger partial charge < -0.3 is 14.8 Å². The van der Waals surface area contributed by atoms with Crippen LogP contribution in [0.15, 0.2) is 0 Å². The van der Waals surface area contributed by atoms with Gasteiger partial charge in [0.25, 0.3) is 0 Å². The molecule has 1 N–H and O–H groups in total. The van der Waals surface area contributed by atoms with Gasteiger partial charge in [-0.25, -0.2) is 0 Å². The van der Waals surface area contributed by atoms with Crippen molar-refractivity contribution < 1.29 is 9.47 Å². The standard InChI is InChI=1S/C16H33NO2/c1-5-12-17-15(16(18-6-2)19-7-3)14-10-8-13(4)9-11-14/h13-17H,5-12H2,1-4H3. The number of rotatable bonds is 9. The van der Waals surface area contributed by atoms with Gasteiger partial charge in [-0.15, -0.1) is 0 Å². The molecule has 0 aromatic rings. The van der Waals surface area contributed by atoms with Crippen molar-refractivity contribution in [2.24, 2.45) is 11.8 Å². The van der Waals surface area contributed by atoms with Crippen LogP contribution in [0.25, 0.3) is 0 Å². The highest BCUT2D eigenvalue weighted by Gasteiger charge is 2.32. The van der Waals surface area contributed by atoms with E-state index in [4.69, 9.17) is 9.47 Å². The maximum absolute atomic E-state index is 5.84. The van der Waals surface area contributed by atoms with Crippen molar-refractivity contribution in [2.45, 2.75) is 72.1 Å². The highest BCUT2D eigenvalue weighted by Crippen LogP contribution is 2.32. The molecule has 0 amide bonds. The molecule has 1 atom stereocenters. The predicted octanol–water partition coefficient (Wildman–Crippen LogP) is 3.58. The maximum Gasteiger partial charge on any atom is 0.172 e. The molecule has 0 spiro atoms. The first-order chi connectivity index (χ1) is 9.22. The average Bonchev–Trinajstić information content (AvgIpc) is 2.41. The maximum atomic E-state index is 5.84. The number of ether oxygens (including phenoxy) is 2. The minimum atomic E-state index is -0.0834. The van der Waals surface area contributed by atoms with Crippen molar-refractivity contribution in [1.82, 2.24) is 5.32 Å². The van der Waals surface area contributed by atoms with Crippen molar-refractivity contribution in [3.05, 3.63) is 0 Å². The van der Waals surface area contributed by atoms with Crippen molar-refractivity contribution in [3.8, 4) is 0 Å². The molecule has 1 saturated carbocycles. The van der Waals surface area contributed by atoms with Crippen LogP contribution >= 0.6 is 0 Å². The zero-order valence-corrected chi connectivity index (χ0v) is 13.3. The molecule has 0 radical (unpaired) electrons. The van der Waals surface area contributed by atoms with Gasteiger partial charge in [-0.1, -0.05) is 26.7 Å².